The molecule has 1 fully saturated rings. The number of aliphatic hydroxyl groups excluding tert-OH is 1. The average molecular weight is 327 g/mol. The maximum Gasteiger partial charge on any atom is 0.237 e. The van der Waals surface area contributed by atoms with Crippen molar-refractivity contribution in [3.05, 3.63) is 0 Å². The van der Waals surface area contributed by atoms with Crippen molar-refractivity contribution in [3.8, 4) is 0 Å². The van der Waals surface area contributed by atoms with Crippen LogP contribution in [0.5, 0.6) is 0 Å². The predicted molar refractivity (Wildman–Crippen MR) is 96.5 cm³/mol. The lowest BCUT2D eigenvalue weighted by Crippen LogP contribution is -2.49. The summed E-state index contributed by atoms with van der Waals surface area (Å²) in [6.07, 6.45) is 15.8. The monoisotopic (exact) mass is 326 g/mol. The minimum absolute atomic E-state index is 0.0142. The summed E-state index contributed by atoms with van der Waals surface area (Å²) in [6, 6.07) is -0.0566. The fourth-order valence-corrected chi connectivity index (χ4v) is 3.50. The number of carbonyl (C=O) groups is 1. The van der Waals surface area contributed by atoms with Crippen molar-refractivity contribution in [2.24, 2.45) is 5.92 Å². The molecule has 1 aliphatic rings. The van der Waals surface area contributed by atoms with Crippen LogP contribution in [0.25, 0.3) is 0 Å². The lowest BCUT2D eigenvalue weighted by molar-refractivity contribution is -0.124. The fraction of sp³-hybridized carbons (Fsp3) is 0.947. The van der Waals surface area contributed by atoms with Crippen LogP contribution in [0.15, 0.2) is 0 Å². The quantitative estimate of drug-likeness (QED) is 0.455. The molecule has 23 heavy (non-hydrogen) atoms. The van der Waals surface area contributed by atoms with Crippen molar-refractivity contribution in [3.63, 3.8) is 0 Å². The van der Waals surface area contributed by atoms with Gasteiger partial charge in [0.15, 0.2) is 0 Å². The van der Waals surface area contributed by atoms with Gasteiger partial charge in [0.05, 0.1) is 12.6 Å². The van der Waals surface area contributed by atoms with E-state index in [4.69, 9.17) is 5.11 Å². The van der Waals surface area contributed by atoms with Crippen LogP contribution in [0, 0.1) is 5.92 Å². The Morgan fingerprint density at radius 1 is 1.09 bits per heavy atom. The minimum atomic E-state index is -0.0566. The lowest BCUT2D eigenvalue weighted by atomic mass is 9.87. The standard InChI is InChI=1S/C19H38N2O2/c1-2-3-4-5-6-7-8-9-10-11-17-12-13-20-18(16-17)19(23)21-14-15-22/h17-18,20,22H,2-16H2,1H3,(H,21,23)/t17-,18+/m1/s1. The Labute approximate surface area is 142 Å². The molecule has 0 aromatic rings. The van der Waals surface area contributed by atoms with E-state index in [1.807, 2.05) is 0 Å². The number of aliphatic hydroxyl groups is 1. The van der Waals surface area contributed by atoms with Gasteiger partial charge in [-0.25, -0.2) is 0 Å². The van der Waals surface area contributed by atoms with Crippen LogP contribution in [-0.2, 0) is 4.79 Å². The molecule has 1 heterocycles. The molecule has 1 saturated heterocycles. The SMILES string of the molecule is CCCCCCCCCCC[C@@H]1CCN[C@H](C(=O)NCCO)C1. The normalized spacial score (nSPS) is 21.3. The number of hydrogen-bond acceptors (Lipinski definition) is 3. The molecule has 1 rings (SSSR count). The van der Waals surface area contributed by atoms with E-state index < -0.39 is 0 Å². The highest BCUT2D eigenvalue weighted by Crippen LogP contribution is 2.23. The van der Waals surface area contributed by atoms with Crippen LogP contribution in [0.4, 0.5) is 0 Å². The predicted octanol–water partition coefficient (Wildman–Crippen LogP) is 3.38. The van der Waals surface area contributed by atoms with Gasteiger partial charge in [0.1, 0.15) is 0 Å². The third-order valence-corrected chi connectivity index (χ3v) is 4.96. The molecule has 4 heteroatoms. The highest BCUT2D eigenvalue weighted by molar-refractivity contribution is 5.81. The zero-order valence-corrected chi connectivity index (χ0v) is 15.1. The third-order valence-electron chi connectivity index (χ3n) is 4.96. The molecule has 0 bridgehead atoms. The summed E-state index contributed by atoms with van der Waals surface area (Å²) in [5.74, 6) is 0.738. The van der Waals surface area contributed by atoms with E-state index >= 15 is 0 Å². The van der Waals surface area contributed by atoms with Crippen LogP contribution in [-0.4, -0.2) is 36.8 Å². The Kier molecular flexibility index (Phi) is 12.3. The maximum atomic E-state index is 11.9. The number of rotatable bonds is 13. The molecular formula is C19H38N2O2. The second-order valence-electron chi connectivity index (χ2n) is 7.03. The first-order valence-electron chi connectivity index (χ1n) is 9.89. The molecule has 0 aromatic heterocycles. The number of nitrogens with one attached hydrogen (secondary N) is 2. The van der Waals surface area contributed by atoms with Crippen LogP contribution < -0.4 is 10.6 Å². The second kappa shape index (κ2) is 13.8. The fourth-order valence-electron chi connectivity index (χ4n) is 3.50. The van der Waals surface area contributed by atoms with Gasteiger partial charge in [-0.05, 0) is 25.3 Å². The molecule has 136 valence electrons. The van der Waals surface area contributed by atoms with E-state index in [0.717, 1.165) is 13.0 Å². The van der Waals surface area contributed by atoms with Gasteiger partial charge >= 0.3 is 0 Å². The molecule has 0 radical (unpaired) electrons. The van der Waals surface area contributed by atoms with Gasteiger partial charge in [0.2, 0.25) is 5.91 Å². The summed E-state index contributed by atoms with van der Waals surface area (Å²) >= 11 is 0. The number of unbranched alkanes of at least 4 members (excludes halogenated alkanes) is 8. The van der Waals surface area contributed by atoms with Crippen LogP contribution in [0.2, 0.25) is 0 Å². The van der Waals surface area contributed by atoms with Gasteiger partial charge in [0.25, 0.3) is 0 Å². The van der Waals surface area contributed by atoms with Gasteiger partial charge in [-0.2, -0.15) is 0 Å². The Balaban J connectivity index is 2.01. The Morgan fingerprint density at radius 3 is 2.39 bits per heavy atom. The number of hydrogen-bond donors (Lipinski definition) is 3. The highest BCUT2D eigenvalue weighted by Gasteiger charge is 2.26. The zero-order chi connectivity index (χ0) is 16.8. The Hall–Kier alpha value is -0.610. The van der Waals surface area contributed by atoms with Crippen molar-refractivity contribution in [2.45, 2.75) is 90.0 Å². The smallest absolute Gasteiger partial charge is 0.237 e. The van der Waals surface area contributed by atoms with Crippen molar-refractivity contribution >= 4 is 5.91 Å². The molecule has 3 N–H and O–H groups in total. The zero-order valence-electron chi connectivity index (χ0n) is 15.1. The molecule has 1 amide bonds. The first-order chi connectivity index (χ1) is 11.3. The number of piperidine rings is 1. The summed E-state index contributed by atoms with van der Waals surface area (Å²) in [5.41, 5.74) is 0. The summed E-state index contributed by atoms with van der Waals surface area (Å²) in [4.78, 5) is 11.9. The molecule has 0 saturated carbocycles. The second-order valence-corrected chi connectivity index (χ2v) is 7.03. The van der Waals surface area contributed by atoms with Crippen molar-refractivity contribution in [1.82, 2.24) is 10.6 Å². The summed E-state index contributed by atoms with van der Waals surface area (Å²) in [6.45, 7) is 3.58. The van der Waals surface area contributed by atoms with Crippen LogP contribution in [0.3, 0.4) is 0 Å². The molecule has 0 spiro atoms. The van der Waals surface area contributed by atoms with E-state index in [2.05, 4.69) is 17.6 Å². The number of carbonyl (C=O) groups excluding carboxylic acids is 1. The summed E-state index contributed by atoms with van der Waals surface area (Å²) < 4.78 is 0. The van der Waals surface area contributed by atoms with Crippen molar-refractivity contribution in [2.75, 3.05) is 19.7 Å². The third kappa shape index (κ3) is 9.98. The molecule has 4 nitrogen and oxygen atoms in total. The van der Waals surface area contributed by atoms with E-state index in [0.29, 0.717) is 12.5 Å². The van der Waals surface area contributed by atoms with Crippen molar-refractivity contribution < 1.29 is 9.90 Å². The van der Waals surface area contributed by atoms with Crippen LogP contribution in [0.1, 0.15) is 84.0 Å². The van der Waals surface area contributed by atoms with Gasteiger partial charge in [0, 0.05) is 6.54 Å². The molecule has 0 aromatic carbocycles. The molecule has 1 aliphatic heterocycles. The summed E-state index contributed by atoms with van der Waals surface area (Å²) in [7, 11) is 0. The molecule has 0 unspecified atom stereocenters. The topological polar surface area (TPSA) is 61.4 Å². The van der Waals surface area contributed by atoms with E-state index in [-0.39, 0.29) is 18.6 Å². The van der Waals surface area contributed by atoms with Gasteiger partial charge in [-0.1, -0.05) is 71.1 Å². The Bertz CT molecular complexity index is 297. The molecule has 0 aliphatic carbocycles. The van der Waals surface area contributed by atoms with Gasteiger partial charge < -0.3 is 15.7 Å². The van der Waals surface area contributed by atoms with Crippen molar-refractivity contribution in [1.29, 1.82) is 0 Å². The maximum absolute atomic E-state index is 11.9. The van der Waals surface area contributed by atoms with E-state index in [9.17, 15) is 4.79 Å². The Morgan fingerprint density at radius 2 is 1.74 bits per heavy atom. The van der Waals surface area contributed by atoms with E-state index in [1.54, 1.807) is 0 Å². The first kappa shape index (κ1) is 20.4. The molecule has 2 atom stereocenters. The van der Waals surface area contributed by atoms with Crippen LogP contribution >= 0.6 is 0 Å². The van der Waals surface area contributed by atoms with E-state index in [1.165, 1.54) is 70.6 Å². The summed E-state index contributed by atoms with van der Waals surface area (Å²) in [5, 5.41) is 14.9. The highest BCUT2D eigenvalue weighted by atomic mass is 16.3. The minimum Gasteiger partial charge on any atom is -0.395 e. The number of amides is 1. The average Bonchev–Trinajstić information content (AvgIpc) is 2.58. The largest absolute Gasteiger partial charge is 0.395 e. The first-order valence-corrected chi connectivity index (χ1v) is 9.89. The van der Waals surface area contributed by atoms with Gasteiger partial charge in [-0.3, -0.25) is 4.79 Å². The molecular weight excluding hydrogens is 288 g/mol. The van der Waals surface area contributed by atoms with Gasteiger partial charge in [-0.15, -0.1) is 0 Å². The lowest BCUT2D eigenvalue weighted by Gasteiger charge is -2.29.